The smallest absolute Gasteiger partial charge is 0.352 e. The minimum absolute atomic E-state index is 0.0784. The summed E-state index contributed by atoms with van der Waals surface area (Å²) in [5, 5.41) is 13.6. The van der Waals surface area contributed by atoms with Crippen LogP contribution in [0.1, 0.15) is 9.67 Å². The summed E-state index contributed by atoms with van der Waals surface area (Å²) in [6.45, 7) is 0. The molecule has 2 aliphatic rings. The van der Waals surface area contributed by atoms with Gasteiger partial charge in [0.25, 0.3) is 11.8 Å². The number of aliphatic carboxylic acids is 1. The van der Waals surface area contributed by atoms with Gasteiger partial charge in [0, 0.05) is 11.5 Å². The minimum Gasteiger partial charge on any atom is -0.477 e. The molecule has 0 spiro atoms. The number of hydrogen-bond donors (Lipinski definition) is 2. The molecule has 2 aliphatic heterocycles. The summed E-state index contributed by atoms with van der Waals surface area (Å²) in [6, 6.07) is 2.79. The SMILES string of the molecule is CSCC1=C(C(=O)O)N2C(=O)[C@@H](NC(=O)c3cccs3)[C@H]2SC1. The predicted octanol–water partition coefficient (Wildman–Crippen LogP) is 1.46. The van der Waals surface area contributed by atoms with E-state index in [2.05, 4.69) is 5.32 Å². The first-order valence-corrected chi connectivity index (χ1v) is 10.1. The van der Waals surface area contributed by atoms with Gasteiger partial charge in [-0.25, -0.2) is 4.79 Å². The average molecular weight is 370 g/mol. The first kappa shape index (κ1) is 16.4. The highest BCUT2D eigenvalue weighted by molar-refractivity contribution is 8.00. The van der Waals surface area contributed by atoms with E-state index in [1.54, 1.807) is 17.5 Å². The molecule has 122 valence electrons. The van der Waals surface area contributed by atoms with Gasteiger partial charge in [-0.15, -0.1) is 23.1 Å². The molecule has 0 aromatic carbocycles. The van der Waals surface area contributed by atoms with E-state index in [4.69, 9.17) is 0 Å². The van der Waals surface area contributed by atoms with Gasteiger partial charge in [-0.05, 0) is 23.3 Å². The van der Waals surface area contributed by atoms with E-state index >= 15 is 0 Å². The van der Waals surface area contributed by atoms with Crippen LogP contribution in [-0.4, -0.2) is 57.0 Å². The lowest BCUT2D eigenvalue weighted by Crippen LogP contribution is -2.70. The van der Waals surface area contributed by atoms with Gasteiger partial charge < -0.3 is 10.4 Å². The number of nitrogens with one attached hydrogen (secondary N) is 1. The van der Waals surface area contributed by atoms with Crippen molar-refractivity contribution in [2.45, 2.75) is 11.4 Å². The molecule has 1 aromatic rings. The first-order valence-electron chi connectivity index (χ1n) is 6.78. The van der Waals surface area contributed by atoms with Gasteiger partial charge in [0.05, 0.1) is 4.88 Å². The lowest BCUT2D eigenvalue weighted by atomic mass is 10.0. The second-order valence-electron chi connectivity index (χ2n) is 5.03. The van der Waals surface area contributed by atoms with E-state index < -0.39 is 12.0 Å². The molecule has 2 atom stereocenters. The van der Waals surface area contributed by atoms with Crippen molar-refractivity contribution in [1.82, 2.24) is 10.2 Å². The predicted molar refractivity (Wildman–Crippen MR) is 91.7 cm³/mol. The Morgan fingerprint density at radius 2 is 2.30 bits per heavy atom. The van der Waals surface area contributed by atoms with Crippen LogP contribution in [0.15, 0.2) is 28.8 Å². The normalized spacial score (nSPS) is 23.3. The van der Waals surface area contributed by atoms with Gasteiger partial charge in [-0.1, -0.05) is 6.07 Å². The molecular formula is C14H14N2O4S3. The number of carbonyl (C=O) groups excluding carboxylic acids is 2. The molecule has 0 bridgehead atoms. The quantitative estimate of drug-likeness (QED) is 0.763. The Labute approximate surface area is 145 Å². The number of carboxylic acids is 1. The zero-order valence-corrected chi connectivity index (χ0v) is 14.6. The van der Waals surface area contributed by atoms with E-state index in [-0.39, 0.29) is 22.9 Å². The third-order valence-electron chi connectivity index (χ3n) is 3.60. The molecule has 0 radical (unpaired) electrons. The third-order valence-corrected chi connectivity index (χ3v) is 6.45. The van der Waals surface area contributed by atoms with Crippen molar-refractivity contribution < 1.29 is 19.5 Å². The number of hydrogen-bond acceptors (Lipinski definition) is 6. The number of fused-ring (bicyclic) bond motifs is 1. The summed E-state index contributed by atoms with van der Waals surface area (Å²) in [5.74, 6) is -0.604. The molecule has 1 saturated heterocycles. The number of carbonyl (C=O) groups is 3. The van der Waals surface area contributed by atoms with Gasteiger partial charge in [0.1, 0.15) is 17.1 Å². The van der Waals surface area contributed by atoms with E-state index in [1.807, 2.05) is 6.26 Å². The maximum Gasteiger partial charge on any atom is 0.352 e. The van der Waals surface area contributed by atoms with Gasteiger partial charge in [0.15, 0.2) is 0 Å². The first-order chi connectivity index (χ1) is 11.0. The zero-order chi connectivity index (χ0) is 16.6. The lowest BCUT2D eigenvalue weighted by Gasteiger charge is -2.49. The fraction of sp³-hybridized carbons (Fsp3) is 0.357. The van der Waals surface area contributed by atoms with Crippen LogP contribution in [-0.2, 0) is 9.59 Å². The molecule has 1 fully saturated rings. The number of β-lactam (4-membered cyclic amide) rings is 1. The highest BCUT2D eigenvalue weighted by atomic mass is 32.2. The molecule has 3 rings (SSSR count). The molecule has 3 heterocycles. The van der Waals surface area contributed by atoms with Crippen molar-refractivity contribution in [3.8, 4) is 0 Å². The Kier molecular flexibility index (Phi) is 4.69. The summed E-state index contributed by atoms with van der Waals surface area (Å²) < 4.78 is 0. The Morgan fingerprint density at radius 1 is 1.52 bits per heavy atom. The van der Waals surface area contributed by atoms with Gasteiger partial charge in [-0.3, -0.25) is 14.5 Å². The van der Waals surface area contributed by atoms with Crippen LogP contribution in [0.2, 0.25) is 0 Å². The monoisotopic (exact) mass is 370 g/mol. The lowest BCUT2D eigenvalue weighted by molar-refractivity contribution is -0.148. The maximum atomic E-state index is 12.4. The van der Waals surface area contributed by atoms with Crippen LogP contribution in [0, 0.1) is 0 Å². The van der Waals surface area contributed by atoms with Crippen LogP contribution in [0.4, 0.5) is 0 Å². The van der Waals surface area contributed by atoms with Crippen LogP contribution >= 0.6 is 34.9 Å². The summed E-state index contributed by atoms with van der Waals surface area (Å²) in [6.07, 6.45) is 1.89. The van der Waals surface area contributed by atoms with Crippen LogP contribution in [0.25, 0.3) is 0 Å². The number of thioether (sulfide) groups is 2. The zero-order valence-electron chi connectivity index (χ0n) is 12.1. The number of amides is 2. The fourth-order valence-corrected chi connectivity index (χ4v) is 5.28. The average Bonchev–Trinajstić information content (AvgIpc) is 3.06. The van der Waals surface area contributed by atoms with Crippen LogP contribution in [0.3, 0.4) is 0 Å². The van der Waals surface area contributed by atoms with Crippen molar-refractivity contribution >= 4 is 52.6 Å². The Morgan fingerprint density at radius 3 is 2.91 bits per heavy atom. The maximum absolute atomic E-state index is 12.4. The molecular weight excluding hydrogens is 356 g/mol. The second-order valence-corrected chi connectivity index (χ2v) is 7.95. The summed E-state index contributed by atoms with van der Waals surface area (Å²) in [4.78, 5) is 37.8. The summed E-state index contributed by atoms with van der Waals surface area (Å²) in [7, 11) is 0. The van der Waals surface area contributed by atoms with Crippen LogP contribution in [0.5, 0.6) is 0 Å². The minimum atomic E-state index is -1.09. The number of carboxylic acid groups (broad SMARTS) is 1. The highest BCUT2D eigenvalue weighted by Crippen LogP contribution is 2.41. The fourth-order valence-electron chi connectivity index (χ4n) is 2.59. The molecule has 2 amide bonds. The van der Waals surface area contributed by atoms with Gasteiger partial charge >= 0.3 is 5.97 Å². The molecule has 0 unspecified atom stereocenters. The second kappa shape index (κ2) is 6.58. The van der Waals surface area contributed by atoms with Crippen molar-refractivity contribution in [1.29, 1.82) is 0 Å². The Balaban J connectivity index is 1.77. The molecule has 0 saturated carbocycles. The molecule has 9 heteroatoms. The third kappa shape index (κ3) is 2.88. The Bertz CT molecular complexity index is 686. The van der Waals surface area contributed by atoms with Crippen molar-refractivity contribution in [3.05, 3.63) is 33.7 Å². The summed E-state index contributed by atoms with van der Waals surface area (Å²) in [5.41, 5.74) is 0.831. The van der Waals surface area contributed by atoms with Crippen molar-refractivity contribution in [3.63, 3.8) is 0 Å². The highest BCUT2D eigenvalue weighted by Gasteiger charge is 2.54. The molecule has 6 nitrogen and oxygen atoms in total. The topological polar surface area (TPSA) is 86.7 Å². The van der Waals surface area contributed by atoms with Crippen molar-refractivity contribution in [2.24, 2.45) is 0 Å². The molecule has 1 aromatic heterocycles. The van der Waals surface area contributed by atoms with Gasteiger partial charge in [0.2, 0.25) is 0 Å². The molecule has 0 aliphatic carbocycles. The number of thiophene rings is 1. The molecule has 23 heavy (non-hydrogen) atoms. The number of nitrogens with zero attached hydrogens (tertiary/aromatic N) is 1. The standard InChI is InChI=1S/C14H14N2O4S3/c1-21-5-7-6-23-13-9(12(18)16(13)10(7)14(19)20)15-11(17)8-3-2-4-22-8/h2-4,9,13H,5-6H2,1H3,(H,15,17)(H,19,20)/t9-,13-/m1/s1. The van der Waals surface area contributed by atoms with E-state index in [0.717, 1.165) is 5.57 Å². The van der Waals surface area contributed by atoms with Gasteiger partial charge in [-0.2, -0.15) is 11.8 Å². The largest absolute Gasteiger partial charge is 0.477 e. The van der Waals surface area contributed by atoms with E-state index in [0.29, 0.717) is 16.4 Å². The van der Waals surface area contributed by atoms with Crippen molar-refractivity contribution in [2.75, 3.05) is 17.8 Å². The number of rotatable bonds is 5. The molecule has 2 N–H and O–H groups in total. The van der Waals surface area contributed by atoms with Crippen LogP contribution < -0.4 is 5.32 Å². The Hall–Kier alpha value is -1.45. The summed E-state index contributed by atoms with van der Waals surface area (Å²) >= 11 is 4.32. The van der Waals surface area contributed by atoms with E-state index in [1.165, 1.54) is 39.8 Å². The van der Waals surface area contributed by atoms with E-state index in [9.17, 15) is 19.5 Å².